The molecule has 6 heteroatoms. The number of hydrogen-bond acceptors (Lipinski definition) is 5. The third kappa shape index (κ3) is 4.34. The van der Waals surface area contributed by atoms with Crippen molar-refractivity contribution in [1.29, 1.82) is 0 Å². The molecule has 1 saturated heterocycles. The number of carbonyl (C=O) groups excluding carboxylic acids is 1. The molecule has 1 heterocycles. The maximum Gasteiger partial charge on any atom is 0.245 e. The van der Waals surface area contributed by atoms with E-state index < -0.39 is 5.54 Å². The first-order chi connectivity index (χ1) is 12.9. The van der Waals surface area contributed by atoms with E-state index in [9.17, 15) is 4.79 Å². The number of nitrogens with zero attached hydrogens (tertiary/aromatic N) is 1. The van der Waals surface area contributed by atoms with E-state index in [1.165, 1.54) is 30.2 Å². The molecule has 1 aliphatic carbocycles. The highest BCUT2D eigenvalue weighted by atomic mass is 32.2. The number of benzene rings is 1. The van der Waals surface area contributed by atoms with Gasteiger partial charge in [-0.2, -0.15) is 11.8 Å². The van der Waals surface area contributed by atoms with E-state index in [1.807, 2.05) is 44.7 Å². The van der Waals surface area contributed by atoms with Crippen LogP contribution >= 0.6 is 11.8 Å². The van der Waals surface area contributed by atoms with Gasteiger partial charge < -0.3 is 20.7 Å². The molecule has 2 fully saturated rings. The molecule has 3 N–H and O–H groups in total. The number of anilines is 1. The van der Waals surface area contributed by atoms with Gasteiger partial charge in [0.15, 0.2) is 0 Å². The number of thioether (sulfide) groups is 1. The van der Waals surface area contributed by atoms with E-state index in [1.54, 1.807) is 0 Å². The van der Waals surface area contributed by atoms with Gasteiger partial charge in [-0.1, -0.05) is 26.0 Å². The Kier molecular flexibility index (Phi) is 6.51. The molecule has 2 atom stereocenters. The van der Waals surface area contributed by atoms with E-state index in [4.69, 9.17) is 10.5 Å². The van der Waals surface area contributed by atoms with Gasteiger partial charge in [-0.05, 0) is 31.0 Å². The highest BCUT2D eigenvalue weighted by Gasteiger charge is 2.62. The average molecular weight is 392 g/mol. The minimum Gasteiger partial charge on any atom is -0.378 e. The van der Waals surface area contributed by atoms with Gasteiger partial charge >= 0.3 is 0 Å². The van der Waals surface area contributed by atoms with Crippen LogP contribution in [0.4, 0.5) is 5.69 Å². The predicted molar refractivity (Wildman–Crippen MR) is 113 cm³/mol. The molecule has 150 valence electrons. The summed E-state index contributed by atoms with van der Waals surface area (Å²) in [4.78, 5) is 15.3. The van der Waals surface area contributed by atoms with Crippen LogP contribution in [0.3, 0.4) is 0 Å². The van der Waals surface area contributed by atoms with Crippen LogP contribution in [0.1, 0.15) is 32.8 Å². The van der Waals surface area contributed by atoms with Crippen molar-refractivity contribution in [3.8, 4) is 0 Å². The second-order valence-corrected chi connectivity index (χ2v) is 9.42. The van der Waals surface area contributed by atoms with E-state index in [2.05, 4.69) is 22.3 Å². The maximum atomic E-state index is 12.8. The zero-order valence-electron chi connectivity index (χ0n) is 16.8. The molecule has 1 amide bonds. The fourth-order valence-electron chi connectivity index (χ4n) is 3.93. The van der Waals surface area contributed by atoms with Crippen LogP contribution in [0.5, 0.6) is 0 Å². The van der Waals surface area contributed by atoms with Crippen LogP contribution in [0, 0.1) is 5.41 Å². The topological polar surface area (TPSA) is 67.6 Å². The van der Waals surface area contributed by atoms with Gasteiger partial charge in [0, 0.05) is 55.3 Å². The van der Waals surface area contributed by atoms with Crippen molar-refractivity contribution in [3.05, 3.63) is 29.8 Å². The summed E-state index contributed by atoms with van der Waals surface area (Å²) in [5.41, 5.74) is 7.29. The molecule has 0 bridgehead atoms. The second kappa shape index (κ2) is 8.52. The first kappa shape index (κ1) is 20.6. The molecule has 27 heavy (non-hydrogen) atoms. The normalized spacial score (nSPS) is 27.8. The Morgan fingerprint density at radius 1 is 1.30 bits per heavy atom. The van der Waals surface area contributed by atoms with Crippen molar-refractivity contribution < 1.29 is 9.53 Å². The fraction of sp³-hybridized carbons (Fsp3) is 0.667. The van der Waals surface area contributed by atoms with Crippen LogP contribution in [-0.4, -0.2) is 60.2 Å². The number of nitrogens with one attached hydrogen (secondary N) is 1. The largest absolute Gasteiger partial charge is 0.378 e. The number of nitrogens with two attached hydrogens (primary N) is 1. The SMILES string of the molecule is CCOC1CC(N)(C(=O)Nc2ccc(CCN3CCSCC3)cc2)C1(C)C. The third-order valence-corrected chi connectivity index (χ3v) is 7.21. The van der Waals surface area contributed by atoms with Gasteiger partial charge in [-0.15, -0.1) is 0 Å². The maximum absolute atomic E-state index is 12.8. The van der Waals surface area contributed by atoms with Gasteiger partial charge in [0.2, 0.25) is 5.91 Å². The van der Waals surface area contributed by atoms with E-state index in [0.717, 1.165) is 18.7 Å². The Hall–Kier alpha value is -1.08. The monoisotopic (exact) mass is 391 g/mol. The predicted octanol–water partition coefficient (Wildman–Crippen LogP) is 2.75. The smallest absolute Gasteiger partial charge is 0.245 e. The quantitative estimate of drug-likeness (QED) is 0.748. The zero-order chi connectivity index (χ0) is 19.5. The Morgan fingerprint density at radius 3 is 2.56 bits per heavy atom. The molecule has 0 radical (unpaired) electrons. The summed E-state index contributed by atoms with van der Waals surface area (Å²) in [5, 5.41) is 3.00. The standard InChI is InChI=1S/C21H33N3O2S/c1-4-26-18-15-21(22,20(18,2)3)19(25)23-17-7-5-16(6-8-17)9-10-24-11-13-27-14-12-24/h5-8,18H,4,9-15,22H2,1-3H3,(H,23,25). The van der Waals surface area contributed by atoms with Gasteiger partial charge in [-0.3, -0.25) is 4.79 Å². The van der Waals surface area contributed by atoms with Crippen LogP contribution in [0.25, 0.3) is 0 Å². The fourth-order valence-corrected chi connectivity index (χ4v) is 4.91. The zero-order valence-corrected chi connectivity index (χ0v) is 17.6. The van der Waals surface area contributed by atoms with Crippen molar-refractivity contribution in [2.45, 2.75) is 45.3 Å². The molecular formula is C21H33N3O2S. The lowest BCUT2D eigenvalue weighted by molar-refractivity contribution is -0.166. The van der Waals surface area contributed by atoms with Crippen molar-refractivity contribution >= 4 is 23.4 Å². The summed E-state index contributed by atoms with van der Waals surface area (Å²) in [5.74, 6) is 2.36. The number of ether oxygens (including phenoxy) is 1. The highest BCUT2D eigenvalue weighted by molar-refractivity contribution is 7.99. The summed E-state index contributed by atoms with van der Waals surface area (Å²) in [7, 11) is 0. The van der Waals surface area contributed by atoms with Crippen LogP contribution in [0.2, 0.25) is 0 Å². The molecule has 5 nitrogen and oxygen atoms in total. The minimum atomic E-state index is -0.891. The summed E-state index contributed by atoms with van der Waals surface area (Å²) in [6.45, 7) is 10.1. The number of carbonyl (C=O) groups is 1. The minimum absolute atomic E-state index is 0.0359. The number of rotatable bonds is 7. The van der Waals surface area contributed by atoms with Crippen molar-refractivity contribution in [3.63, 3.8) is 0 Å². The van der Waals surface area contributed by atoms with E-state index >= 15 is 0 Å². The average Bonchev–Trinajstić information content (AvgIpc) is 2.68. The van der Waals surface area contributed by atoms with Crippen molar-refractivity contribution in [2.75, 3.05) is 43.1 Å². The Bertz CT molecular complexity index is 643. The van der Waals surface area contributed by atoms with Gasteiger partial charge in [0.05, 0.1) is 6.10 Å². The first-order valence-corrected chi connectivity index (χ1v) is 11.1. The molecule has 0 aromatic heterocycles. The molecule has 3 rings (SSSR count). The molecule has 1 aliphatic heterocycles. The second-order valence-electron chi connectivity index (χ2n) is 8.20. The van der Waals surface area contributed by atoms with Crippen molar-refractivity contribution in [1.82, 2.24) is 4.90 Å². The lowest BCUT2D eigenvalue weighted by atomic mass is 9.54. The van der Waals surface area contributed by atoms with Crippen LogP contribution in [-0.2, 0) is 16.0 Å². The molecule has 1 saturated carbocycles. The lowest BCUT2D eigenvalue weighted by Gasteiger charge is -2.57. The third-order valence-electron chi connectivity index (χ3n) is 6.27. The first-order valence-electron chi connectivity index (χ1n) is 9.98. The van der Waals surface area contributed by atoms with Gasteiger partial charge in [-0.25, -0.2) is 0 Å². The number of hydrogen-bond donors (Lipinski definition) is 2. The van der Waals surface area contributed by atoms with Crippen LogP contribution in [0.15, 0.2) is 24.3 Å². The summed E-state index contributed by atoms with van der Waals surface area (Å²) in [6, 6.07) is 8.17. The Morgan fingerprint density at radius 2 is 1.96 bits per heavy atom. The summed E-state index contributed by atoms with van der Waals surface area (Å²) >= 11 is 2.04. The summed E-state index contributed by atoms with van der Waals surface area (Å²) in [6.07, 6.45) is 1.64. The van der Waals surface area contributed by atoms with E-state index in [0.29, 0.717) is 13.0 Å². The highest BCUT2D eigenvalue weighted by Crippen LogP contribution is 2.50. The van der Waals surface area contributed by atoms with E-state index in [-0.39, 0.29) is 17.4 Å². The molecular weight excluding hydrogens is 358 g/mol. The number of amides is 1. The van der Waals surface area contributed by atoms with Gasteiger partial charge in [0.1, 0.15) is 5.54 Å². The lowest BCUT2D eigenvalue weighted by Crippen LogP contribution is -2.74. The summed E-state index contributed by atoms with van der Waals surface area (Å²) < 4.78 is 5.72. The van der Waals surface area contributed by atoms with Crippen molar-refractivity contribution in [2.24, 2.45) is 11.1 Å². The molecule has 2 unspecified atom stereocenters. The Balaban J connectivity index is 1.52. The van der Waals surface area contributed by atoms with Crippen LogP contribution < -0.4 is 11.1 Å². The molecule has 1 aromatic carbocycles. The molecule has 1 aromatic rings. The Labute approximate surface area is 167 Å². The molecule has 0 spiro atoms. The van der Waals surface area contributed by atoms with Gasteiger partial charge in [0.25, 0.3) is 0 Å². The molecule has 2 aliphatic rings.